The lowest BCUT2D eigenvalue weighted by Crippen LogP contribution is -2.44. The maximum Gasteiger partial charge on any atom is 0.282 e. The number of alkyl halides is 1. The van der Waals surface area contributed by atoms with Crippen molar-refractivity contribution in [3.05, 3.63) is 0 Å². The molecule has 1 aliphatic heterocycles. The maximum atomic E-state index is 13.5. The van der Waals surface area contributed by atoms with Crippen LogP contribution in [0.25, 0.3) is 0 Å². The fourth-order valence-electron chi connectivity index (χ4n) is 1.08. The van der Waals surface area contributed by atoms with Crippen LogP contribution < -0.4 is 10.8 Å². The average molecular weight is 176 g/mol. The van der Waals surface area contributed by atoms with Crippen LogP contribution in [0.5, 0.6) is 0 Å². The zero-order valence-corrected chi connectivity index (χ0v) is 7.02. The third-order valence-electron chi connectivity index (χ3n) is 1.82. The van der Waals surface area contributed by atoms with Crippen LogP contribution >= 0.6 is 0 Å². The molecule has 1 amide bonds. The van der Waals surface area contributed by atoms with E-state index >= 15 is 0 Å². The molecule has 0 saturated carbocycles. The molecule has 1 unspecified atom stereocenters. The number of hydrogen-bond donors (Lipinski definition) is 2. The molecule has 1 fully saturated rings. The summed E-state index contributed by atoms with van der Waals surface area (Å²) in [6.45, 7) is 2.68. The molecule has 0 aromatic heterocycles. The van der Waals surface area contributed by atoms with Gasteiger partial charge in [0.15, 0.2) is 0 Å². The molecular formula is C7H13FN2O2. The molecule has 12 heavy (non-hydrogen) atoms. The molecule has 2 N–H and O–H groups in total. The first-order valence-corrected chi connectivity index (χ1v) is 4.01. The summed E-state index contributed by atoms with van der Waals surface area (Å²) in [6.07, 6.45) is 0.214. The number of hydroxylamine groups is 1. The Hall–Kier alpha value is -0.680. The smallest absolute Gasteiger partial charge is 0.282 e. The van der Waals surface area contributed by atoms with E-state index in [0.717, 1.165) is 0 Å². The van der Waals surface area contributed by atoms with E-state index in [2.05, 4.69) is 15.6 Å². The van der Waals surface area contributed by atoms with Crippen LogP contribution in [0, 0.1) is 0 Å². The highest BCUT2D eigenvalue weighted by molar-refractivity contribution is 5.84. The van der Waals surface area contributed by atoms with Gasteiger partial charge in [0, 0.05) is 13.0 Å². The van der Waals surface area contributed by atoms with E-state index in [0.29, 0.717) is 13.2 Å². The van der Waals surface area contributed by atoms with Gasteiger partial charge < -0.3 is 5.32 Å². The maximum absolute atomic E-state index is 13.5. The highest BCUT2D eigenvalue weighted by atomic mass is 19.1. The summed E-state index contributed by atoms with van der Waals surface area (Å²) >= 11 is 0. The first kappa shape index (κ1) is 9.41. The molecule has 0 aliphatic carbocycles. The van der Waals surface area contributed by atoms with E-state index in [1.807, 2.05) is 0 Å². The lowest BCUT2D eigenvalue weighted by atomic mass is 10.1. The Kier molecular flexibility index (Phi) is 2.99. The van der Waals surface area contributed by atoms with E-state index < -0.39 is 11.6 Å². The minimum absolute atomic E-state index is 0.0753. The molecule has 0 aromatic carbocycles. The van der Waals surface area contributed by atoms with Crippen molar-refractivity contribution >= 4 is 5.91 Å². The van der Waals surface area contributed by atoms with Gasteiger partial charge in [-0.05, 0) is 13.5 Å². The highest BCUT2D eigenvalue weighted by Gasteiger charge is 2.41. The molecule has 0 radical (unpaired) electrons. The van der Waals surface area contributed by atoms with Crippen LogP contribution in [0.4, 0.5) is 4.39 Å². The van der Waals surface area contributed by atoms with Crippen molar-refractivity contribution in [3.8, 4) is 0 Å². The van der Waals surface area contributed by atoms with Gasteiger partial charge in [0.05, 0.1) is 6.61 Å². The molecule has 1 atom stereocenters. The van der Waals surface area contributed by atoms with Crippen molar-refractivity contribution in [1.29, 1.82) is 0 Å². The van der Waals surface area contributed by atoms with Crippen molar-refractivity contribution in [3.63, 3.8) is 0 Å². The van der Waals surface area contributed by atoms with Crippen LogP contribution in [0.1, 0.15) is 13.3 Å². The van der Waals surface area contributed by atoms with E-state index in [4.69, 9.17) is 0 Å². The largest absolute Gasteiger partial charge is 0.313 e. The number of carbonyl (C=O) groups excluding carboxylic acids is 1. The summed E-state index contributed by atoms with van der Waals surface area (Å²) < 4.78 is 13.5. The SMILES string of the molecule is CCONC(=O)C1(F)CCNC1. The van der Waals surface area contributed by atoms with E-state index in [9.17, 15) is 9.18 Å². The Morgan fingerprint density at radius 3 is 3.08 bits per heavy atom. The van der Waals surface area contributed by atoms with Crippen LogP contribution in [0.3, 0.4) is 0 Å². The minimum Gasteiger partial charge on any atom is -0.313 e. The molecule has 5 heteroatoms. The lowest BCUT2D eigenvalue weighted by Gasteiger charge is -2.16. The molecule has 70 valence electrons. The van der Waals surface area contributed by atoms with Crippen molar-refractivity contribution in [1.82, 2.24) is 10.8 Å². The van der Waals surface area contributed by atoms with Gasteiger partial charge in [-0.15, -0.1) is 0 Å². The second kappa shape index (κ2) is 3.82. The first-order chi connectivity index (χ1) is 5.69. The second-order valence-corrected chi connectivity index (χ2v) is 2.76. The standard InChI is InChI=1S/C7H13FN2O2/c1-2-12-10-6(11)7(8)3-4-9-5-7/h9H,2-5H2,1H3,(H,10,11). The fourth-order valence-corrected chi connectivity index (χ4v) is 1.08. The van der Waals surface area contributed by atoms with E-state index in [1.165, 1.54) is 0 Å². The number of rotatable bonds is 3. The van der Waals surface area contributed by atoms with Crippen molar-refractivity contribution in [2.75, 3.05) is 19.7 Å². The van der Waals surface area contributed by atoms with Crippen LogP contribution in [0.2, 0.25) is 0 Å². The highest BCUT2D eigenvalue weighted by Crippen LogP contribution is 2.19. The average Bonchev–Trinajstić information content (AvgIpc) is 2.49. The van der Waals surface area contributed by atoms with Gasteiger partial charge in [-0.3, -0.25) is 9.63 Å². The molecule has 0 aromatic rings. The predicted molar refractivity (Wildman–Crippen MR) is 41.1 cm³/mol. The van der Waals surface area contributed by atoms with Gasteiger partial charge in [-0.2, -0.15) is 0 Å². The predicted octanol–water partition coefficient (Wildman–Crippen LogP) is -0.244. The fraction of sp³-hybridized carbons (Fsp3) is 0.857. The lowest BCUT2D eigenvalue weighted by molar-refractivity contribution is -0.144. The van der Waals surface area contributed by atoms with Gasteiger partial charge in [-0.1, -0.05) is 0 Å². The van der Waals surface area contributed by atoms with E-state index in [1.54, 1.807) is 6.92 Å². The third kappa shape index (κ3) is 1.92. The van der Waals surface area contributed by atoms with Crippen molar-refractivity contribution in [2.24, 2.45) is 0 Å². The summed E-state index contributed by atoms with van der Waals surface area (Å²) in [5, 5.41) is 2.78. The Balaban J connectivity index is 2.39. The van der Waals surface area contributed by atoms with Crippen molar-refractivity contribution in [2.45, 2.75) is 19.0 Å². The van der Waals surface area contributed by atoms with Crippen LogP contribution in [-0.4, -0.2) is 31.3 Å². The second-order valence-electron chi connectivity index (χ2n) is 2.76. The Morgan fingerprint density at radius 2 is 2.58 bits per heavy atom. The van der Waals surface area contributed by atoms with Crippen LogP contribution in [-0.2, 0) is 9.63 Å². The van der Waals surface area contributed by atoms with E-state index in [-0.39, 0.29) is 13.0 Å². The molecule has 0 bridgehead atoms. The van der Waals surface area contributed by atoms with Gasteiger partial charge in [0.1, 0.15) is 0 Å². The normalized spacial score (nSPS) is 28.8. The number of halogens is 1. The minimum atomic E-state index is -1.78. The number of nitrogens with one attached hydrogen (secondary N) is 2. The zero-order valence-electron chi connectivity index (χ0n) is 7.02. The Bertz CT molecular complexity index is 169. The zero-order chi connectivity index (χ0) is 9.03. The molecule has 1 aliphatic rings. The molecule has 4 nitrogen and oxygen atoms in total. The number of hydrogen-bond acceptors (Lipinski definition) is 3. The first-order valence-electron chi connectivity index (χ1n) is 4.01. The summed E-state index contributed by atoms with van der Waals surface area (Å²) in [5.41, 5.74) is 0.278. The summed E-state index contributed by atoms with van der Waals surface area (Å²) in [4.78, 5) is 15.7. The molecule has 1 heterocycles. The monoisotopic (exact) mass is 176 g/mol. The molecular weight excluding hydrogens is 163 g/mol. The summed E-state index contributed by atoms with van der Waals surface area (Å²) in [5.74, 6) is -0.686. The summed E-state index contributed by atoms with van der Waals surface area (Å²) in [7, 11) is 0. The van der Waals surface area contributed by atoms with Gasteiger partial charge in [0.2, 0.25) is 5.67 Å². The Labute approximate surface area is 70.4 Å². The van der Waals surface area contributed by atoms with Crippen molar-refractivity contribution < 1.29 is 14.0 Å². The topological polar surface area (TPSA) is 50.4 Å². The van der Waals surface area contributed by atoms with Gasteiger partial charge in [0.25, 0.3) is 5.91 Å². The number of amides is 1. The molecule has 0 spiro atoms. The molecule has 1 rings (SSSR count). The Morgan fingerprint density at radius 1 is 1.83 bits per heavy atom. The van der Waals surface area contributed by atoms with Gasteiger partial charge >= 0.3 is 0 Å². The summed E-state index contributed by atoms with van der Waals surface area (Å²) in [6, 6.07) is 0. The van der Waals surface area contributed by atoms with Crippen LogP contribution in [0.15, 0.2) is 0 Å². The third-order valence-corrected chi connectivity index (χ3v) is 1.82. The molecule has 1 saturated heterocycles. The number of carbonyl (C=O) groups is 1. The quantitative estimate of drug-likeness (QED) is 0.583. The van der Waals surface area contributed by atoms with Gasteiger partial charge in [-0.25, -0.2) is 9.87 Å².